The van der Waals surface area contributed by atoms with Gasteiger partial charge in [0, 0.05) is 11.8 Å². The SMILES string of the molecule is COc1ccc(/C=C/C(=O)NC(=S)Nc2cc(C(=O)O)ccc2C)cc1. The summed E-state index contributed by atoms with van der Waals surface area (Å²) in [6, 6.07) is 11.9. The number of anilines is 1. The number of nitrogens with one attached hydrogen (secondary N) is 2. The molecule has 0 spiro atoms. The van der Waals surface area contributed by atoms with Crippen LogP contribution in [0.5, 0.6) is 5.75 Å². The van der Waals surface area contributed by atoms with Crippen LogP contribution in [0.2, 0.25) is 0 Å². The predicted molar refractivity (Wildman–Crippen MR) is 105 cm³/mol. The highest BCUT2D eigenvalue weighted by Gasteiger charge is 2.08. The Morgan fingerprint density at radius 2 is 1.85 bits per heavy atom. The highest BCUT2D eigenvalue weighted by molar-refractivity contribution is 7.80. The van der Waals surface area contributed by atoms with Crippen LogP contribution in [0, 0.1) is 6.92 Å². The van der Waals surface area contributed by atoms with Crippen molar-refractivity contribution >= 4 is 41.0 Å². The number of carboxylic acid groups (broad SMARTS) is 1. The van der Waals surface area contributed by atoms with Crippen LogP contribution in [0.4, 0.5) is 5.69 Å². The predicted octanol–water partition coefficient (Wildman–Crippen LogP) is 3.23. The van der Waals surface area contributed by atoms with Crippen molar-refractivity contribution in [1.29, 1.82) is 0 Å². The molecule has 6 nitrogen and oxygen atoms in total. The van der Waals surface area contributed by atoms with E-state index in [2.05, 4.69) is 10.6 Å². The van der Waals surface area contributed by atoms with E-state index in [9.17, 15) is 9.59 Å². The Labute approximate surface area is 156 Å². The first-order chi connectivity index (χ1) is 12.4. The second-order valence-corrected chi connectivity index (χ2v) is 5.79. The van der Waals surface area contributed by atoms with Crippen molar-refractivity contribution < 1.29 is 19.4 Å². The number of carboxylic acids is 1. The summed E-state index contributed by atoms with van der Waals surface area (Å²) in [6.07, 6.45) is 3.00. The molecule has 0 saturated carbocycles. The first-order valence-electron chi connectivity index (χ1n) is 7.67. The van der Waals surface area contributed by atoms with Crippen LogP contribution in [0.3, 0.4) is 0 Å². The number of rotatable bonds is 5. The van der Waals surface area contributed by atoms with Gasteiger partial charge in [0.1, 0.15) is 5.75 Å². The minimum absolute atomic E-state index is 0.0834. The maximum Gasteiger partial charge on any atom is 0.335 e. The van der Waals surface area contributed by atoms with Crippen molar-refractivity contribution in [2.75, 3.05) is 12.4 Å². The van der Waals surface area contributed by atoms with E-state index >= 15 is 0 Å². The van der Waals surface area contributed by atoms with Crippen LogP contribution in [-0.4, -0.2) is 29.2 Å². The van der Waals surface area contributed by atoms with E-state index in [1.54, 1.807) is 31.4 Å². The molecule has 2 aromatic rings. The van der Waals surface area contributed by atoms with E-state index in [0.717, 1.165) is 16.9 Å². The molecule has 0 fully saturated rings. The lowest BCUT2D eigenvalue weighted by molar-refractivity contribution is -0.115. The lowest BCUT2D eigenvalue weighted by atomic mass is 10.1. The Hall–Kier alpha value is -3.19. The zero-order valence-electron chi connectivity index (χ0n) is 14.3. The number of carbonyl (C=O) groups excluding carboxylic acids is 1. The van der Waals surface area contributed by atoms with Gasteiger partial charge in [0.2, 0.25) is 5.91 Å². The van der Waals surface area contributed by atoms with Crippen molar-refractivity contribution in [3.05, 3.63) is 65.2 Å². The molecule has 0 atom stereocenters. The average molecular weight is 370 g/mol. The van der Waals surface area contributed by atoms with Gasteiger partial charge in [0.05, 0.1) is 12.7 Å². The molecule has 2 aromatic carbocycles. The summed E-state index contributed by atoms with van der Waals surface area (Å²) >= 11 is 5.10. The number of aryl methyl sites for hydroxylation is 1. The first-order valence-corrected chi connectivity index (χ1v) is 8.08. The largest absolute Gasteiger partial charge is 0.497 e. The molecule has 0 unspecified atom stereocenters. The molecule has 0 aliphatic rings. The van der Waals surface area contributed by atoms with Crippen LogP contribution in [-0.2, 0) is 4.79 Å². The molecular formula is C19H18N2O4S. The van der Waals surface area contributed by atoms with Gasteiger partial charge in [-0.05, 0) is 60.6 Å². The van der Waals surface area contributed by atoms with Crippen LogP contribution in [0.1, 0.15) is 21.5 Å². The maximum atomic E-state index is 12.0. The van der Waals surface area contributed by atoms with Gasteiger partial charge >= 0.3 is 5.97 Å². The molecule has 0 bridgehead atoms. The summed E-state index contributed by atoms with van der Waals surface area (Å²) in [5, 5.41) is 14.5. The molecular weight excluding hydrogens is 352 g/mol. The fraction of sp³-hybridized carbons (Fsp3) is 0.105. The molecule has 0 aliphatic heterocycles. The van der Waals surface area contributed by atoms with Crippen molar-refractivity contribution in [2.45, 2.75) is 6.92 Å². The Morgan fingerprint density at radius 1 is 1.15 bits per heavy atom. The maximum absolute atomic E-state index is 12.0. The van der Waals surface area contributed by atoms with Gasteiger partial charge in [-0.1, -0.05) is 18.2 Å². The smallest absolute Gasteiger partial charge is 0.335 e. The van der Waals surface area contributed by atoms with E-state index in [-0.39, 0.29) is 10.7 Å². The molecule has 2 rings (SSSR count). The molecule has 3 N–H and O–H groups in total. The molecule has 0 saturated heterocycles. The fourth-order valence-corrected chi connectivity index (χ4v) is 2.29. The summed E-state index contributed by atoms with van der Waals surface area (Å²) in [7, 11) is 1.58. The zero-order chi connectivity index (χ0) is 19.1. The van der Waals surface area contributed by atoms with Crippen molar-refractivity contribution in [3.8, 4) is 5.75 Å². The molecule has 7 heteroatoms. The molecule has 0 heterocycles. The van der Waals surface area contributed by atoms with Crippen molar-refractivity contribution in [3.63, 3.8) is 0 Å². The minimum Gasteiger partial charge on any atom is -0.497 e. The number of aromatic carboxylic acids is 1. The summed E-state index contributed by atoms with van der Waals surface area (Å²) in [5.41, 5.74) is 2.30. The monoisotopic (exact) mass is 370 g/mol. The summed E-state index contributed by atoms with van der Waals surface area (Å²) < 4.78 is 5.07. The number of amides is 1. The Bertz CT molecular complexity index is 860. The molecule has 134 valence electrons. The third-order valence-corrected chi connectivity index (χ3v) is 3.72. The quantitative estimate of drug-likeness (QED) is 0.553. The van der Waals surface area contributed by atoms with Crippen LogP contribution >= 0.6 is 12.2 Å². The number of hydrogen-bond acceptors (Lipinski definition) is 4. The molecule has 26 heavy (non-hydrogen) atoms. The van der Waals surface area contributed by atoms with Gasteiger partial charge in [0.15, 0.2) is 5.11 Å². The highest BCUT2D eigenvalue weighted by atomic mass is 32.1. The van der Waals surface area contributed by atoms with Crippen LogP contribution < -0.4 is 15.4 Å². The van der Waals surface area contributed by atoms with Gasteiger partial charge in [-0.3, -0.25) is 10.1 Å². The second-order valence-electron chi connectivity index (χ2n) is 5.38. The third kappa shape index (κ3) is 5.42. The standard InChI is InChI=1S/C19H18N2O4S/c1-12-3-7-14(18(23)24)11-16(12)20-19(26)21-17(22)10-6-13-4-8-15(25-2)9-5-13/h3-11H,1-2H3,(H,23,24)(H2,20,21,22,26)/b10-6+. The van der Waals surface area contributed by atoms with E-state index in [1.165, 1.54) is 18.2 Å². The van der Waals surface area contributed by atoms with Gasteiger partial charge in [-0.15, -0.1) is 0 Å². The molecule has 0 aliphatic carbocycles. The zero-order valence-corrected chi connectivity index (χ0v) is 15.1. The lowest BCUT2D eigenvalue weighted by Crippen LogP contribution is -2.33. The number of methoxy groups -OCH3 is 1. The van der Waals surface area contributed by atoms with Crippen LogP contribution in [0.15, 0.2) is 48.5 Å². The Kier molecular flexibility index (Phi) is 6.46. The number of hydrogen-bond donors (Lipinski definition) is 3. The topological polar surface area (TPSA) is 87.7 Å². The van der Waals surface area contributed by atoms with E-state index < -0.39 is 11.9 Å². The number of benzene rings is 2. The Balaban J connectivity index is 1.96. The molecule has 1 amide bonds. The number of carbonyl (C=O) groups is 2. The highest BCUT2D eigenvalue weighted by Crippen LogP contribution is 2.17. The molecule has 0 radical (unpaired) electrons. The van der Waals surface area contributed by atoms with E-state index in [0.29, 0.717) is 5.69 Å². The van der Waals surface area contributed by atoms with Gasteiger partial charge < -0.3 is 15.2 Å². The Morgan fingerprint density at radius 3 is 2.46 bits per heavy atom. The third-order valence-electron chi connectivity index (χ3n) is 3.51. The first kappa shape index (κ1) is 19.1. The lowest BCUT2D eigenvalue weighted by Gasteiger charge is -2.11. The number of ether oxygens (including phenoxy) is 1. The van der Waals surface area contributed by atoms with Crippen LogP contribution in [0.25, 0.3) is 6.08 Å². The second kappa shape index (κ2) is 8.77. The van der Waals surface area contributed by atoms with Crippen molar-refractivity contribution in [1.82, 2.24) is 5.32 Å². The van der Waals surface area contributed by atoms with Gasteiger partial charge in [0.25, 0.3) is 0 Å². The van der Waals surface area contributed by atoms with Crippen molar-refractivity contribution in [2.24, 2.45) is 0 Å². The summed E-state index contributed by atoms with van der Waals surface area (Å²) in [4.78, 5) is 23.0. The van der Waals surface area contributed by atoms with Gasteiger partial charge in [-0.2, -0.15) is 0 Å². The average Bonchev–Trinajstić information content (AvgIpc) is 2.62. The minimum atomic E-state index is -1.04. The number of thiocarbonyl (C=S) groups is 1. The normalized spacial score (nSPS) is 10.4. The summed E-state index contributed by atoms with van der Waals surface area (Å²) in [5.74, 6) is -0.702. The fourth-order valence-electron chi connectivity index (χ4n) is 2.08. The summed E-state index contributed by atoms with van der Waals surface area (Å²) in [6.45, 7) is 1.81. The van der Waals surface area contributed by atoms with Gasteiger partial charge in [-0.25, -0.2) is 4.79 Å². The molecule has 0 aromatic heterocycles. The van der Waals surface area contributed by atoms with E-state index in [1.807, 2.05) is 19.1 Å². The van der Waals surface area contributed by atoms with E-state index in [4.69, 9.17) is 22.1 Å².